The molecule has 1 heterocycles. The van der Waals surface area contributed by atoms with Gasteiger partial charge in [0.05, 0.1) is 0 Å². The molecule has 1 rings (SSSR count). The topological polar surface area (TPSA) is 105 Å². The Morgan fingerprint density at radius 3 is 2.92 bits per heavy atom. The van der Waals surface area contributed by atoms with Crippen LogP contribution in [0.2, 0.25) is 0 Å². The minimum atomic E-state index is -1.09. The van der Waals surface area contributed by atoms with Gasteiger partial charge in [0.25, 0.3) is 0 Å². The summed E-state index contributed by atoms with van der Waals surface area (Å²) in [5, 5.41) is 17.5. The highest BCUT2D eigenvalue weighted by Gasteiger charge is 2.34. The highest BCUT2D eigenvalue weighted by atomic mass is 16.7. The van der Waals surface area contributed by atoms with Gasteiger partial charge in [-0.05, 0) is 6.92 Å². The summed E-state index contributed by atoms with van der Waals surface area (Å²) in [4.78, 5) is 15.4. The van der Waals surface area contributed by atoms with Crippen LogP contribution in [0.1, 0.15) is 13.3 Å². The molecule has 5 N–H and O–H groups in total. The van der Waals surface area contributed by atoms with E-state index in [1.165, 1.54) is 6.08 Å². The zero-order chi connectivity index (χ0) is 10.1. The van der Waals surface area contributed by atoms with Crippen molar-refractivity contribution >= 4 is 5.97 Å². The fourth-order valence-corrected chi connectivity index (χ4v) is 1.14. The lowest BCUT2D eigenvalue weighted by molar-refractivity contribution is -0.140. The van der Waals surface area contributed by atoms with Crippen molar-refractivity contribution in [3.05, 3.63) is 12.0 Å². The molecule has 0 spiro atoms. The third-order valence-electron chi connectivity index (χ3n) is 1.77. The Hall–Kier alpha value is -1.27. The number of carboxylic acids is 1. The highest BCUT2D eigenvalue weighted by Crippen LogP contribution is 2.23. The van der Waals surface area contributed by atoms with E-state index < -0.39 is 17.6 Å². The van der Waals surface area contributed by atoms with Gasteiger partial charge in [-0.15, -0.1) is 0 Å². The molecule has 0 aliphatic carbocycles. The van der Waals surface area contributed by atoms with Gasteiger partial charge in [-0.25, -0.2) is 5.48 Å². The number of carbonyl (C=O) groups is 1. The number of aliphatic carboxylic acids is 1. The Kier molecular flexibility index (Phi) is 2.44. The van der Waals surface area contributed by atoms with Crippen molar-refractivity contribution in [1.29, 1.82) is 0 Å². The first-order valence-electron chi connectivity index (χ1n) is 3.77. The molecule has 2 atom stereocenters. The summed E-state index contributed by atoms with van der Waals surface area (Å²) in [6.45, 7) is 1.63. The molecule has 1 aliphatic rings. The summed E-state index contributed by atoms with van der Waals surface area (Å²) in [6.07, 6.45) is 1.48. The Labute approximate surface area is 74.9 Å². The quantitative estimate of drug-likeness (QED) is 0.475. The van der Waals surface area contributed by atoms with Crippen LogP contribution < -0.4 is 11.2 Å². The van der Waals surface area contributed by atoms with Crippen LogP contribution in [0.5, 0.6) is 0 Å². The van der Waals surface area contributed by atoms with Crippen LogP contribution in [0.3, 0.4) is 0 Å². The lowest BCUT2D eigenvalue weighted by Gasteiger charge is -2.21. The zero-order valence-corrected chi connectivity index (χ0v) is 7.15. The predicted molar refractivity (Wildman–Crippen MR) is 43.6 cm³/mol. The maximum Gasteiger partial charge on any atom is 0.320 e. The number of hydrogen-bond acceptors (Lipinski definition) is 5. The fraction of sp³-hybridized carbons (Fsp3) is 0.571. The van der Waals surface area contributed by atoms with Gasteiger partial charge in [0, 0.05) is 12.5 Å². The molecule has 74 valence electrons. The average molecular weight is 188 g/mol. The summed E-state index contributed by atoms with van der Waals surface area (Å²) < 4.78 is 0. The molecule has 0 fully saturated rings. The number of hydrogen-bond donors (Lipinski definition) is 4. The van der Waals surface area contributed by atoms with E-state index in [1.54, 1.807) is 6.92 Å². The van der Waals surface area contributed by atoms with E-state index >= 15 is 0 Å². The maximum absolute atomic E-state index is 10.4. The molecule has 6 heteroatoms. The van der Waals surface area contributed by atoms with E-state index in [2.05, 4.69) is 5.48 Å². The molecular formula is C7H12N2O4. The van der Waals surface area contributed by atoms with Gasteiger partial charge < -0.3 is 15.9 Å². The van der Waals surface area contributed by atoms with Crippen molar-refractivity contribution in [3.63, 3.8) is 0 Å². The van der Waals surface area contributed by atoms with Gasteiger partial charge in [0.15, 0.2) is 0 Å². The highest BCUT2D eigenvalue weighted by molar-refractivity contribution is 5.73. The first-order valence-corrected chi connectivity index (χ1v) is 3.77. The minimum Gasteiger partial charge on any atom is -0.494 e. The summed E-state index contributed by atoms with van der Waals surface area (Å²) in [5.74, 6) is -1.22. The zero-order valence-electron chi connectivity index (χ0n) is 7.15. The van der Waals surface area contributed by atoms with Crippen molar-refractivity contribution in [2.45, 2.75) is 25.0 Å². The summed E-state index contributed by atoms with van der Waals surface area (Å²) in [5.41, 5.74) is 6.67. The van der Waals surface area contributed by atoms with Crippen LogP contribution in [0, 0.1) is 0 Å². The van der Waals surface area contributed by atoms with E-state index in [1.807, 2.05) is 0 Å². The number of rotatable bonds is 3. The number of nitrogens with two attached hydrogens (primary N) is 1. The van der Waals surface area contributed by atoms with Crippen molar-refractivity contribution in [2.75, 3.05) is 0 Å². The molecule has 2 unspecified atom stereocenters. The monoisotopic (exact) mass is 188 g/mol. The Morgan fingerprint density at radius 2 is 2.54 bits per heavy atom. The van der Waals surface area contributed by atoms with Crippen LogP contribution in [-0.2, 0) is 9.63 Å². The number of nitrogens with one attached hydrogen (secondary N) is 1. The van der Waals surface area contributed by atoms with E-state index in [4.69, 9.17) is 20.8 Å². The van der Waals surface area contributed by atoms with Gasteiger partial charge >= 0.3 is 5.97 Å². The molecule has 13 heavy (non-hydrogen) atoms. The molecule has 6 nitrogen and oxygen atoms in total. The number of hydroxylamine groups is 1. The van der Waals surface area contributed by atoms with Crippen LogP contribution in [0.4, 0.5) is 0 Å². The maximum atomic E-state index is 10.4. The molecule has 0 saturated heterocycles. The number of carboxylic acid groups (broad SMARTS) is 1. The smallest absolute Gasteiger partial charge is 0.320 e. The van der Waals surface area contributed by atoms with E-state index in [0.29, 0.717) is 0 Å². The SMILES string of the molecule is CC1(CC(N)C(=O)O)C=C(O)NO1. The largest absolute Gasteiger partial charge is 0.494 e. The standard InChI is InChI=1S/C7H12N2O4/c1-7(2-4(8)6(11)12)3-5(10)9-13-7/h3-4,9-10H,2,8H2,1H3,(H,11,12). The van der Waals surface area contributed by atoms with Gasteiger partial charge in [0.1, 0.15) is 11.6 Å². The molecule has 0 aromatic rings. The second-order valence-corrected chi connectivity index (χ2v) is 3.20. The van der Waals surface area contributed by atoms with E-state index in [9.17, 15) is 4.79 Å². The molecule has 0 aromatic heterocycles. The molecule has 0 saturated carbocycles. The summed E-state index contributed by atoms with van der Waals surface area (Å²) in [6, 6.07) is -1.01. The summed E-state index contributed by atoms with van der Waals surface area (Å²) >= 11 is 0. The second kappa shape index (κ2) is 3.23. The minimum absolute atomic E-state index is 0.0966. The Balaban J connectivity index is 2.58. The van der Waals surface area contributed by atoms with Crippen LogP contribution >= 0.6 is 0 Å². The van der Waals surface area contributed by atoms with Gasteiger partial charge in [-0.2, -0.15) is 0 Å². The molecule has 0 amide bonds. The average Bonchev–Trinajstić information content (AvgIpc) is 2.30. The van der Waals surface area contributed by atoms with Crippen LogP contribution in [0.25, 0.3) is 0 Å². The normalized spacial score (nSPS) is 29.2. The predicted octanol–water partition coefficient (Wildman–Crippen LogP) is -0.519. The Morgan fingerprint density at radius 1 is 1.92 bits per heavy atom. The van der Waals surface area contributed by atoms with Crippen molar-refractivity contribution in [1.82, 2.24) is 5.48 Å². The van der Waals surface area contributed by atoms with Crippen molar-refractivity contribution in [2.24, 2.45) is 5.73 Å². The third-order valence-corrected chi connectivity index (χ3v) is 1.77. The van der Waals surface area contributed by atoms with Gasteiger partial charge in [0.2, 0.25) is 5.88 Å². The first kappa shape index (κ1) is 9.82. The molecule has 1 aliphatic heterocycles. The van der Waals surface area contributed by atoms with E-state index in [0.717, 1.165) is 0 Å². The Bertz CT molecular complexity index is 253. The lowest BCUT2D eigenvalue weighted by atomic mass is 9.97. The number of aliphatic hydroxyl groups excluding tert-OH is 1. The fourth-order valence-electron chi connectivity index (χ4n) is 1.14. The van der Waals surface area contributed by atoms with Gasteiger partial charge in [-0.1, -0.05) is 0 Å². The van der Waals surface area contributed by atoms with Crippen LogP contribution in [0.15, 0.2) is 12.0 Å². The lowest BCUT2D eigenvalue weighted by Crippen LogP contribution is -2.39. The third kappa shape index (κ3) is 2.33. The second-order valence-electron chi connectivity index (χ2n) is 3.20. The molecule has 0 bridgehead atoms. The molecular weight excluding hydrogens is 176 g/mol. The summed E-state index contributed by atoms with van der Waals surface area (Å²) in [7, 11) is 0. The van der Waals surface area contributed by atoms with Crippen molar-refractivity contribution in [3.8, 4) is 0 Å². The van der Waals surface area contributed by atoms with Crippen molar-refractivity contribution < 1.29 is 19.8 Å². The first-order chi connectivity index (χ1) is 5.93. The molecule has 0 aromatic carbocycles. The number of aliphatic hydroxyl groups is 1. The van der Waals surface area contributed by atoms with Crippen LogP contribution in [-0.4, -0.2) is 27.8 Å². The molecule has 0 radical (unpaired) electrons. The van der Waals surface area contributed by atoms with E-state index in [-0.39, 0.29) is 12.3 Å². The van der Waals surface area contributed by atoms with Gasteiger partial charge in [-0.3, -0.25) is 9.63 Å².